The van der Waals surface area contributed by atoms with E-state index in [1.807, 2.05) is 13.8 Å². The molecule has 0 saturated carbocycles. The molecule has 0 aliphatic heterocycles. The molecule has 0 bridgehead atoms. The van der Waals surface area contributed by atoms with Crippen LogP contribution in [0.15, 0.2) is 36.5 Å². The van der Waals surface area contributed by atoms with Crippen molar-refractivity contribution in [2.24, 2.45) is 0 Å². The minimum absolute atomic E-state index is 0.0580. The molecule has 20 heavy (non-hydrogen) atoms. The molecule has 0 atom stereocenters. The van der Waals surface area contributed by atoms with E-state index >= 15 is 0 Å². The fourth-order valence-electron chi connectivity index (χ4n) is 1.73. The Labute approximate surface area is 116 Å². The van der Waals surface area contributed by atoms with Crippen molar-refractivity contribution in [2.75, 3.05) is 11.9 Å². The van der Waals surface area contributed by atoms with Crippen molar-refractivity contribution in [3.63, 3.8) is 0 Å². The van der Waals surface area contributed by atoms with Crippen molar-refractivity contribution >= 4 is 11.5 Å². The Hall–Kier alpha value is -2.63. The van der Waals surface area contributed by atoms with Crippen molar-refractivity contribution in [1.29, 1.82) is 0 Å². The summed E-state index contributed by atoms with van der Waals surface area (Å²) in [6.07, 6.45) is 1.59. The van der Waals surface area contributed by atoms with E-state index in [-0.39, 0.29) is 11.4 Å². The lowest BCUT2D eigenvalue weighted by atomic mass is 10.2. The maximum Gasteiger partial charge on any atom is 0.311 e. The van der Waals surface area contributed by atoms with Crippen LogP contribution in [0, 0.1) is 17.0 Å². The number of aryl methyl sites for hydroxylation is 1. The topological polar surface area (TPSA) is 77.3 Å². The third-order valence-electron chi connectivity index (χ3n) is 2.63. The van der Waals surface area contributed by atoms with E-state index in [0.29, 0.717) is 11.6 Å². The molecule has 1 heterocycles. The number of nitrogens with zero attached hydrogens (tertiary/aromatic N) is 2. The van der Waals surface area contributed by atoms with Gasteiger partial charge in [-0.2, -0.15) is 0 Å². The number of ether oxygens (including phenoxy) is 1. The highest BCUT2D eigenvalue weighted by molar-refractivity contribution is 5.51. The molecule has 1 aromatic carbocycles. The van der Waals surface area contributed by atoms with Crippen LogP contribution < -0.4 is 10.1 Å². The van der Waals surface area contributed by atoms with E-state index in [1.165, 1.54) is 6.07 Å². The van der Waals surface area contributed by atoms with Gasteiger partial charge >= 0.3 is 5.69 Å². The zero-order valence-electron chi connectivity index (χ0n) is 11.3. The van der Waals surface area contributed by atoms with Crippen LogP contribution in [0.2, 0.25) is 0 Å². The van der Waals surface area contributed by atoms with Gasteiger partial charge in [0.1, 0.15) is 11.6 Å². The van der Waals surface area contributed by atoms with Crippen LogP contribution in [-0.4, -0.2) is 16.5 Å². The summed E-state index contributed by atoms with van der Waals surface area (Å²) < 4.78 is 5.62. The van der Waals surface area contributed by atoms with Gasteiger partial charge in [0.05, 0.1) is 4.92 Å². The molecule has 0 saturated heterocycles. The minimum atomic E-state index is -0.457. The lowest BCUT2D eigenvalue weighted by Crippen LogP contribution is -1.99. The van der Waals surface area contributed by atoms with Crippen molar-refractivity contribution in [1.82, 2.24) is 4.98 Å². The first-order valence-electron chi connectivity index (χ1n) is 6.23. The van der Waals surface area contributed by atoms with E-state index in [4.69, 9.17) is 4.74 Å². The molecule has 2 rings (SSSR count). The quantitative estimate of drug-likeness (QED) is 0.666. The summed E-state index contributed by atoms with van der Waals surface area (Å²) in [6, 6.07) is 8.13. The summed E-state index contributed by atoms with van der Waals surface area (Å²) in [5.74, 6) is 1.40. The number of nitrogens with one attached hydrogen (secondary N) is 1. The van der Waals surface area contributed by atoms with E-state index in [1.54, 1.807) is 30.5 Å². The molecule has 0 amide bonds. The van der Waals surface area contributed by atoms with Gasteiger partial charge in [-0.05, 0) is 31.5 Å². The number of aromatic nitrogens is 1. The van der Waals surface area contributed by atoms with Gasteiger partial charge in [-0.25, -0.2) is 4.98 Å². The molecular weight excluding hydrogens is 258 g/mol. The molecule has 0 spiro atoms. The molecule has 2 aromatic rings. The number of benzene rings is 1. The molecule has 1 aromatic heterocycles. The van der Waals surface area contributed by atoms with Crippen LogP contribution in [0.5, 0.6) is 11.5 Å². The van der Waals surface area contributed by atoms with Crippen LogP contribution in [0.1, 0.15) is 12.5 Å². The van der Waals surface area contributed by atoms with Gasteiger partial charge in [-0.15, -0.1) is 0 Å². The molecule has 0 aliphatic carbocycles. The van der Waals surface area contributed by atoms with Gasteiger partial charge in [0.25, 0.3) is 0 Å². The molecule has 0 fully saturated rings. The van der Waals surface area contributed by atoms with Gasteiger partial charge < -0.3 is 10.1 Å². The van der Waals surface area contributed by atoms with E-state index in [0.717, 1.165) is 12.1 Å². The SMILES string of the molecule is CCNc1cc(Oc2cc(C)ccc2[N+](=O)[O-])ccn1. The zero-order valence-corrected chi connectivity index (χ0v) is 11.3. The second kappa shape index (κ2) is 6.01. The number of hydrogen-bond acceptors (Lipinski definition) is 5. The maximum atomic E-state index is 11.0. The largest absolute Gasteiger partial charge is 0.450 e. The van der Waals surface area contributed by atoms with Crippen molar-refractivity contribution in [3.8, 4) is 11.5 Å². The second-order valence-electron chi connectivity index (χ2n) is 4.24. The minimum Gasteiger partial charge on any atom is -0.450 e. The van der Waals surface area contributed by atoms with Gasteiger partial charge in [-0.1, -0.05) is 6.07 Å². The molecule has 1 N–H and O–H groups in total. The molecule has 0 radical (unpaired) electrons. The van der Waals surface area contributed by atoms with E-state index < -0.39 is 4.92 Å². The average molecular weight is 273 g/mol. The Bertz CT molecular complexity index is 629. The summed E-state index contributed by atoms with van der Waals surface area (Å²) in [6.45, 7) is 4.55. The van der Waals surface area contributed by atoms with Gasteiger partial charge in [0, 0.05) is 24.9 Å². The predicted molar refractivity (Wildman–Crippen MR) is 76.3 cm³/mol. The third kappa shape index (κ3) is 3.23. The van der Waals surface area contributed by atoms with E-state index in [2.05, 4.69) is 10.3 Å². The normalized spacial score (nSPS) is 10.1. The highest BCUT2D eigenvalue weighted by Gasteiger charge is 2.15. The number of pyridine rings is 1. The van der Waals surface area contributed by atoms with Crippen molar-refractivity contribution in [2.45, 2.75) is 13.8 Å². The van der Waals surface area contributed by atoms with Crippen LogP contribution in [0.4, 0.5) is 11.5 Å². The molecular formula is C14H15N3O3. The third-order valence-corrected chi connectivity index (χ3v) is 2.63. The van der Waals surface area contributed by atoms with E-state index in [9.17, 15) is 10.1 Å². The Balaban J connectivity index is 2.31. The first-order chi connectivity index (χ1) is 9.60. The Morgan fingerprint density at radius 1 is 1.35 bits per heavy atom. The first kappa shape index (κ1) is 13.8. The molecule has 6 nitrogen and oxygen atoms in total. The standard InChI is InChI=1S/C14H15N3O3/c1-3-15-14-9-11(6-7-16-14)20-13-8-10(2)4-5-12(13)17(18)19/h4-9H,3H2,1-2H3,(H,15,16). The monoisotopic (exact) mass is 273 g/mol. The number of hydrogen-bond donors (Lipinski definition) is 1. The molecule has 0 unspecified atom stereocenters. The smallest absolute Gasteiger partial charge is 0.311 e. The summed E-state index contributed by atoms with van der Waals surface area (Å²) in [5, 5.41) is 14.1. The lowest BCUT2D eigenvalue weighted by Gasteiger charge is -2.08. The number of nitro benzene ring substituents is 1. The number of nitro groups is 1. The van der Waals surface area contributed by atoms with Crippen LogP contribution in [0.3, 0.4) is 0 Å². The maximum absolute atomic E-state index is 11.0. The Kier molecular flexibility index (Phi) is 4.14. The summed E-state index contributed by atoms with van der Waals surface area (Å²) >= 11 is 0. The average Bonchev–Trinajstić information content (AvgIpc) is 2.39. The predicted octanol–water partition coefficient (Wildman–Crippen LogP) is 3.52. The van der Waals surface area contributed by atoms with Crippen LogP contribution in [0.25, 0.3) is 0 Å². The highest BCUT2D eigenvalue weighted by Crippen LogP contribution is 2.32. The number of rotatable bonds is 5. The first-order valence-corrected chi connectivity index (χ1v) is 6.23. The number of anilines is 1. The Morgan fingerprint density at radius 2 is 2.15 bits per heavy atom. The molecule has 6 heteroatoms. The van der Waals surface area contributed by atoms with Crippen LogP contribution in [-0.2, 0) is 0 Å². The lowest BCUT2D eigenvalue weighted by molar-refractivity contribution is -0.385. The fourth-order valence-corrected chi connectivity index (χ4v) is 1.73. The molecule has 104 valence electrons. The summed E-state index contributed by atoms with van der Waals surface area (Å²) in [4.78, 5) is 14.7. The van der Waals surface area contributed by atoms with Crippen LogP contribution >= 0.6 is 0 Å². The summed E-state index contributed by atoms with van der Waals surface area (Å²) in [5.41, 5.74) is 0.837. The van der Waals surface area contributed by atoms with Gasteiger partial charge in [0.15, 0.2) is 0 Å². The highest BCUT2D eigenvalue weighted by atomic mass is 16.6. The molecule has 0 aliphatic rings. The van der Waals surface area contributed by atoms with Crippen molar-refractivity contribution < 1.29 is 9.66 Å². The van der Waals surface area contributed by atoms with Gasteiger partial charge in [0.2, 0.25) is 5.75 Å². The second-order valence-corrected chi connectivity index (χ2v) is 4.24. The fraction of sp³-hybridized carbons (Fsp3) is 0.214. The van der Waals surface area contributed by atoms with Crippen molar-refractivity contribution in [3.05, 3.63) is 52.2 Å². The zero-order chi connectivity index (χ0) is 14.5. The summed E-state index contributed by atoms with van der Waals surface area (Å²) in [7, 11) is 0. The van der Waals surface area contributed by atoms with Gasteiger partial charge in [-0.3, -0.25) is 10.1 Å². The Morgan fingerprint density at radius 3 is 2.85 bits per heavy atom.